The first-order chi connectivity index (χ1) is 10.2. The Kier molecular flexibility index (Phi) is 6.21. The minimum absolute atomic E-state index is 0.140. The Morgan fingerprint density at radius 2 is 2.14 bits per heavy atom. The van der Waals surface area contributed by atoms with E-state index in [0.29, 0.717) is 25.0 Å². The number of likely N-dealkylation sites (tertiary alicyclic amines) is 1. The van der Waals surface area contributed by atoms with Gasteiger partial charge in [0, 0.05) is 19.1 Å². The van der Waals surface area contributed by atoms with E-state index in [2.05, 4.69) is 34.6 Å². The van der Waals surface area contributed by atoms with Crippen molar-refractivity contribution in [3.05, 3.63) is 35.9 Å². The summed E-state index contributed by atoms with van der Waals surface area (Å²) in [6, 6.07) is 10.8. The third kappa shape index (κ3) is 4.83. The number of rotatable bonds is 7. The Bertz CT molecular complexity index is 435. The van der Waals surface area contributed by atoms with Crippen molar-refractivity contribution in [1.82, 2.24) is 15.5 Å². The van der Waals surface area contributed by atoms with Crippen LogP contribution in [0.4, 0.5) is 0 Å². The molecular formula is C17H27N3O. The lowest BCUT2D eigenvalue weighted by atomic mass is 10.0. The van der Waals surface area contributed by atoms with Gasteiger partial charge in [-0.05, 0) is 37.9 Å². The molecule has 2 N–H and O–H groups in total. The fraction of sp³-hybridized carbons (Fsp3) is 0.588. The molecule has 116 valence electrons. The third-order valence-corrected chi connectivity index (χ3v) is 4.26. The van der Waals surface area contributed by atoms with E-state index in [-0.39, 0.29) is 5.91 Å². The van der Waals surface area contributed by atoms with Crippen LogP contribution < -0.4 is 10.6 Å². The molecule has 21 heavy (non-hydrogen) atoms. The van der Waals surface area contributed by atoms with E-state index in [4.69, 9.17) is 0 Å². The molecule has 0 aliphatic carbocycles. The highest BCUT2D eigenvalue weighted by Crippen LogP contribution is 2.16. The first-order valence-electron chi connectivity index (χ1n) is 7.91. The molecule has 1 amide bonds. The smallest absolute Gasteiger partial charge is 0.234 e. The van der Waals surface area contributed by atoms with Gasteiger partial charge in [-0.2, -0.15) is 0 Å². The topological polar surface area (TPSA) is 44.4 Å². The molecule has 1 heterocycles. The van der Waals surface area contributed by atoms with Gasteiger partial charge in [-0.25, -0.2) is 0 Å². The van der Waals surface area contributed by atoms with E-state index in [0.717, 1.165) is 13.1 Å². The Labute approximate surface area is 127 Å². The van der Waals surface area contributed by atoms with Gasteiger partial charge in [0.05, 0.1) is 6.54 Å². The Morgan fingerprint density at radius 1 is 1.38 bits per heavy atom. The first kappa shape index (κ1) is 16.0. The van der Waals surface area contributed by atoms with Crippen molar-refractivity contribution in [2.45, 2.75) is 31.7 Å². The van der Waals surface area contributed by atoms with Crippen LogP contribution in [0, 0.1) is 0 Å². The van der Waals surface area contributed by atoms with Crippen molar-refractivity contribution in [1.29, 1.82) is 0 Å². The SMILES string of the molecule is CNCC1CCCN1CC(=O)NCC(C)c1ccccc1. The second-order valence-corrected chi connectivity index (χ2v) is 5.94. The number of amides is 1. The first-order valence-corrected chi connectivity index (χ1v) is 7.91. The van der Waals surface area contributed by atoms with Gasteiger partial charge in [-0.15, -0.1) is 0 Å². The molecule has 2 unspecified atom stereocenters. The zero-order chi connectivity index (χ0) is 15.1. The molecule has 1 aromatic rings. The molecular weight excluding hydrogens is 262 g/mol. The van der Waals surface area contributed by atoms with E-state index < -0.39 is 0 Å². The lowest BCUT2D eigenvalue weighted by Gasteiger charge is -2.24. The van der Waals surface area contributed by atoms with Crippen LogP contribution in [0.3, 0.4) is 0 Å². The highest BCUT2D eigenvalue weighted by molar-refractivity contribution is 5.78. The van der Waals surface area contributed by atoms with Gasteiger partial charge in [0.1, 0.15) is 0 Å². The van der Waals surface area contributed by atoms with Crippen molar-refractivity contribution in [3.8, 4) is 0 Å². The average molecular weight is 289 g/mol. The molecule has 0 bridgehead atoms. The van der Waals surface area contributed by atoms with Gasteiger partial charge in [0.25, 0.3) is 0 Å². The van der Waals surface area contributed by atoms with Crippen LogP contribution in [0.25, 0.3) is 0 Å². The van der Waals surface area contributed by atoms with Crippen LogP contribution in [0.1, 0.15) is 31.2 Å². The summed E-state index contributed by atoms with van der Waals surface area (Å²) in [7, 11) is 1.97. The van der Waals surface area contributed by atoms with E-state index in [1.807, 2.05) is 25.2 Å². The predicted octanol–water partition coefficient (Wildman–Crippen LogP) is 1.59. The standard InChI is InChI=1S/C17H27N3O/c1-14(15-7-4-3-5-8-15)11-19-17(21)13-20-10-6-9-16(20)12-18-2/h3-5,7-8,14,16,18H,6,9-13H2,1-2H3,(H,19,21). The van der Waals surface area contributed by atoms with Gasteiger partial charge in [0.15, 0.2) is 0 Å². The molecule has 2 atom stereocenters. The van der Waals surface area contributed by atoms with Crippen LogP contribution in [0.5, 0.6) is 0 Å². The molecule has 2 rings (SSSR count). The zero-order valence-electron chi connectivity index (χ0n) is 13.1. The number of carbonyl (C=O) groups excluding carboxylic acids is 1. The Morgan fingerprint density at radius 3 is 2.86 bits per heavy atom. The number of carbonyl (C=O) groups is 1. The third-order valence-electron chi connectivity index (χ3n) is 4.26. The minimum Gasteiger partial charge on any atom is -0.354 e. The minimum atomic E-state index is 0.140. The van der Waals surface area contributed by atoms with Crippen molar-refractivity contribution >= 4 is 5.91 Å². The molecule has 1 aliphatic heterocycles. The summed E-state index contributed by atoms with van der Waals surface area (Å²) in [5.41, 5.74) is 1.27. The van der Waals surface area contributed by atoms with Crippen molar-refractivity contribution in [2.75, 3.05) is 33.2 Å². The van der Waals surface area contributed by atoms with Crippen molar-refractivity contribution in [2.24, 2.45) is 0 Å². The molecule has 4 nitrogen and oxygen atoms in total. The summed E-state index contributed by atoms with van der Waals surface area (Å²) in [6.45, 7) is 5.37. The number of hydrogen-bond donors (Lipinski definition) is 2. The molecule has 1 fully saturated rings. The molecule has 1 saturated heterocycles. The summed E-state index contributed by atoms with van der Waals surface area (Å²) in [5.74, 6) is 0.489. The van der Waals surface area contributed by atoms with Crippen molar-refractivity contribution in [3.63, 3.8) is 0 Å². The Balaban J connectivity index is 1.74. The predicted molar refractivity (Wildman–Crippen MR) is 86.4 cm³/mol. The van der Waals surface area contributed by atoms with E-state index in [1.165, 1.54) is 18.4 Å². The number of hydrogen-bond acceptors (Lipinski definition) is 3. The van der Waals surface area contributed by atoms with E-state index >= 15 is 0 Å². The van der Waals surface area contributed by atoms with Crippen LogP contribution in [0.2, 0.25) is 0 Å². The quantitative estimate of drug-likeness (QED) is 0.801. The molecule has 0 aromatic heterocycles. The van der Waals surface area contributed by atoms with Gasteiger partial charge in [-0.1, -0.05) is 37.3 Å². The van der Waals surface area contributed by atoms with Crippen LogP contribution >= 0.6 is 0 Å². The summed E-state index contributed by atoms with van der Waals surface area (Å²) in [4.78, 5) is 14.4. The maximum Gasteiger partial charge on any atom is 0.234 e. The van der Waals surface area contributed by atoms with Crippen LogP contribution in [0.15, 0.2) is 30.3 Å². The average Bonchev–Trinajstić information content (AvgIpc) is 2.93. The summed E-state index contributed by atoms with van der Waals surface area (Å²) < 4.78 is 0. The summed E-state index contributed by atoms with van der Waals surface area (Å²) in [6.07, 6.45) is 2.38. The molecule has 1 aromatic carbocycles. The second kappa shape index (κ2) is 8.15. The molecule has 0 radical (unpaired) electrons. The molecule has 1 aliphatic rings. The highest BCUT2D eigenvalue weighted by Gasteiger charge is 2.25. The monoisotopic (exact) mass is 289 g/mol. The number of nitrogens with one attached hydrogen (secondary N) is 2. The molecule has 0 spiro atoms. The van der Waals surface area contributed by atoms with Crippen molar-refractivity contribution < 1.29 is 4.79 Å². The molecule has 0 saturated carbocycles. The Hall–Kier alpha value is -1.39. The second-order valence-electron chi connectivity index (χ2n) is 5.94. The van der Waals surface area contributed by atoms with Crippen LogP contribution in [-0.2, 0) is 4.79 Å². The van der Waals surface area contributed by atoms with Gasteiger partial charge < -0.3 is 10.6 Å². The fourth-order valence-corrected chi connectivity index (χ4v) is 2.98. The molecule has 4 heteroatoms. The summed E-state index contributed by atoms with van der Waals surface area (Å²) in [5, 5.41) is 6.28. The normalized spacial score (nSPS) is 20.4. The summed E-state index contributed by atoms with van der Waals surface area (Å²) >= 11 is 0. The van der Waals surface area contributed by atoms with Crippen LogP contribution in [-0.4, -0.2) is 50.1 Å². The van der Waals surface area contributed by atoms with Gasteiger partial charge in [-0.3, -0.25) is 9.69 Å². The maximum absolute atomic E-state index is 12.1. The number of likely N-dealkylation sites (N-methyl/N-ethyl adjacent to an activating group) is 1. The lowest BCUT2D eigenvalue weighted by molar-refractivity contribution is -0.122. The maximum atomic E-state index is 12.1. The number of benzene rings is 1. The zero-order valence-corrected chi connectivity index (χ0v) is 13.1. The number of nitrogens with zero attached hydrogens (tertiary/aromatic N) is 1. The lowest BCUT2D eigenvalue weighted by Crippen LogP contribution is -2.43. The largest absolute Gasteiger partial charge is 0.354 e. The van der Waals surface area contributed by atoms with E-state index in [1.54, 1.807) is 0 Å². The fourth-order valence-electron chi connectivity index (χ4n) is 2.98. The van der Waals surface area contributed by atoms with E-state index in [9.17, 15) is 4.79 Å². The van der Waals surface area contributed by atoms with Gasteiger partial charge >= 0.3 is 0 Å². The van der Waals surface area contributed by atoms with Gasteiger partial charge in [0.2, 0.25) is 5.91 Å². The highest BCUT2D eigenvalue weighted by atomic mass is 16.2.